The average Bonchev–Trinajstić information content (AvgIpc) is 3.23. The molecule has 1 fully saturated rings. The van der Waals surface area contributed by atoms with Gasteiger partial charge in [-0.25, -0.2) is 0 Å². The molecule has 0 N–H and O–H groups in total. The standard InChI is InChI=1S/C16H20O3/c1-16(2,13-9-5-4-6-10-13)14(17-3)11-7-8-12-15-18-19-15/h4-12,14-15H,1-3H3. The molecule has 0 amide bonds. The molecule has 2 rings (SSSR count). The molecule has 0 saturated carbocycles. The number of allylic oxidation sites excluding steroid dienone is 2. The van der Waals surface area contributed by atoms with Crippen LogP contribution in [-0.4, -0.2) is 19.5 Å². The van der Waals surface area contributed by atoms with Crippen molar-refractivity contribution in [2.45, 2.75) is 31.7 Å². The van der Waals surface area contributed by atoms with Crippen molar-refractivity contribution in [1.29, 1.82) is 0 Å². The fourth-order valence-corrected chi connectivity index (χ4v) is 2.06. The van der Waals surface area contributed by atoms with Crippen molar-refractivity contribution < 1.29 is 14.5 Å². The van der Waals surface area contributed by atoms with Crippen molar-refractivity contribution in [1.82, 2.24) is 0 Å². The molecule has 1 saturated heterocycles. The minimum absolute atomic E-state index is 0.000546. The van der Waals surface area contributed by atoms with Crippen LogP contribution in [0.25, 0.3) is 0 Å². The van der Waals surface area contributed by atoms with Gasteiger partial charge in [0.2, 0.25) is 6.29 Å². The Morgan fingerprint density at radius 3 is 2.42 bits per heavy atom. The fourth-order valence-electron chi connectivity index (χ4n) is 2.06. The van der Waals surface area contributed by atoms with Gasteiger partial charge in [0.05, 0.1) is 6.10 Å². The van der Waals surface area contributed by atoms with Crippen LogP contribution in [0.1, 0.15) is 19.4 Å². The van der Waals surface area contributed by atoms with E-state index in [1.54, 1.807) is 7.11 Å². The normalized spacial score (nSPS) is 18.3. The zero-order valence-electron chi connectivity index (χ0n) is 11.6. The Bertz CT molecular complexity index is 444. The smallest absolute Gasteiger partial charge is 0.243 e. The molecule has 3 nitrogen and oxygen atoms in total. The first-order chi connectivity index (χ1) is 9.14. The van der Waals surface area contributed by atoms with Gasteiger partial charge in [0.1, 0.15) is 0 Å². The van der Waals surface area contributed by atoms with Crippen molar-refractivity contribution in [2.24, 2.45) is 0 Å². The predicted octanol–water partition coefficient (Wildman–Crippen LogP) is 3.38. The average molecular weight is 260 g/mol. The van der Waals surface area contributed by atoms with Crippen LogP contribution in [0.5, 0.6) is 0 Å². The molecule has 19 heavy (non-hydrogen) atoms. The van der Waals surface area contributed by atoms with Gasteiger partial charge in [-0.05, 0) is 11.6 Å². The fraction of sp³-hybridized carbons (Fsp3) is 0.375. The SMILES string of the molecule is COC(C=CC=CC1OO1)C(C)(C)c1ccccc1. The molecule has 1 aliphatic rings. The number of methoxy groups -OCH3 is 1. The number of rotatable bonds is 6. The van der Waals surface area contributed by atoms with Crippen LogP contribution >= 0.6 is 0 Å². The summed E-state index contributed by atoms with van der Waals surface area (Å²) in [5, 5.41) is 0. The largest absolute Gasteiger partial charge is 0.376 e. The highest BCUT2D eigenvalue weighted by molar-refractivity contribution is 5.27. The van der Waals surface area contributed by atoms with Crippen molar-refractivity contribution >= 4 is 0 Å². The molecule has 1 aliphatic heterocycles. The highest BCUT2D eigenvalue weighted by Gasteiger charge is 2.29. The summed E-state index contributed by atoms with van der Waals surface area (Å²) < 4.78 is 5.61. The predicted molar refractivity (Wildman–Crippen MR) is 74.5 cm³/mol. The summed E-state index contributed by atoms with van der Waals surface area (Å²) in [6, 6.07) is 10.4. The molecule has 0 radical (unpaired) electrons. The second-order valence-corrected chi connectivity index (χ2v) is 5.07. The minimum Gasteiger partial charge on any atom is -0.376 e. The van der Waals surface area contributed by atoms with Crippen LogP contribution in [0.4, 0.5) is 0 Å². The van der Waals surface area contributed by atoms with Gasteiger partial charge < -0.3 is 4.74 Å². The summed E-state index contributed by atoms with van der Waals surface area (Å²) in [5.74, 6) is 0. The van der Waals surface area contributed by atoms with Crippen molar-refractivity contribution in [3.05, 3.63) is 60.2 Å². The van der Waals surface area contributed by atoms with Gasteiger partial charge in [-0.1, -0.05) is 62.4 Å². The number of hydrogen-bond donors (Lipinski definition) is 0. The maximum atomic E-state index is 5.61. The van der Waals surface area contributed by atoms with E-state index in [2.05, 4.69) is 47.9 Å². The van der Waals surface area contributed by atoms with Crippen LogP contribution in [0.2, 0.25) is 0 Å². The molecule has 102 valence electrons. The molecule has 1 aromatic carbocycles. The van der Waals surface area contributed by atoms with Crippen molar-refractivity contribution in [3.63, 3.8) is 0 Å². The van der Waals surface area contributed by atoms with Gasteiger partial charge in [-0.2, -0.15) is 9.78 Å². The van der Waals surface area contributed by atoms with Crippen LogP contribution in [-0.2, 0) is 19.9 Å². The Kier molecular flexibility index (Phi) is 4.53. The van der Waals surface area contributed by atoms with E-state index in [0.29, 0.717) is 0 Å². The number of hydrogen-bond acceptors (Lipinski definition) is 3. The molecule has 3 heteroatoms. The van der Waals surface area contributed by atoms with E-state index in [-0.39, 0.29) is 17.8 Å². The van der Waals surface area contributed by atoms with E-state index in [1.165, 1.54) is 5.56 Å². The first kappa shape index (κ1) is 14.0. The Morgan fingerprint density at radius 2 is 1.84 bits per heavy atom. The van der Waals surface area contributed by atoms with Crippen molar-refractivity contribution in [2.75, 3.05) is 7.11 Å². The first-order valence-electron chi connectivity index (χ1n) is 6.40. The summed E-state index contributed by atoms with van der Waals surface area (Å²) >= 11 is 0. The van der Waals surface area contributed by atoms with E-state index < -0.39 is 0 Å². The topological polar surface area (TPSA) is 34.3 Å². The second kappa shape index (κ2) is 6.15. The van der Waals surface area contributed by atoms with E-state index >= 15 is 0 Å². The zero-order valence-corrected chi connectivity index (χ0v) is 11.6. The molecule has 1 unspecified atom stereocenters. The zero-order chi connectivity index (χ0) is 13.7. The third-order valence-corrected chi connectivity index (χ3v) is 3.36. The lowest BCUT2D eigenvalue weighted by atomic mass is 9.79. The lowest BCUT2D eigenvalue weighted by Crippen LogP contribution is -2.33. The van der Waals surface area contributed by atoms with Crippen LogP contribution in [0, 0.1) is 0 Å². The molecular formula is C16H20O3. The Morgan fingerprint density at radius 1 is 1.16 bits per heavy atom. The van der Waals surface area contributed by atoms with Crippen LogP contribution in [0.15, 0.2) is 54.6 Å². The van der Waals surface area contributed by atoms with Gasteiger partial charge in [0, 0.05) is 12.5 Å². The first-order valence-corrected chi connectivity index (χ1v) is 6.40. The molecule has 0 aliphatic carbocycles. The lowest BCUT2D eigenvalue weighted by molar-refractivity contribution is 0.0833. The number of ether oxygens (including phenoxy) is 1. The van der Waals surface area contributed by atoms with E-state index in [1.807, 2.05) is 30.4 Å². The van der Waals surface area contributed by atoms with Gasteiger partial charge in [-0.15, -0.1) is 0 Å². The third kappa shape index (κ3) is 3.77. The molecular weight excluding hydrogens is 240 g/mol. The monoisotopic (exact) mass is 260 g/mol. The maximum Gasteiger partial charge on any atom is 0.243 e. The van der Waals surface area contributed by atoms with Gasteiger partial charge in [0.15, 0.2) is 0 Å². The minimum atomic E-state index is -0.173. The molecule has 0 aromatic heterocycles. The Hall–Kier alpha value is -1.42. The maximum absolute atomic E-state index is 5.61. The van der Waals surface area contributed by atoms with E-state index in [4.69, 9.17) is 4.74 Å². The summed E-state index contributed by atoms with van der Waals surface area (Å²) in [7, 11) is 1.73. The number of benzene rings is 1. The molecule has 0 spiro atoms. The highest BCUT2D eigenvalue weighted by atomic mass is 17.4. The second-order valence-electron chi connectivity index (χ2n) is 5.07. The summed E-state index contributed by atoms with van der Waals surface area (Å²) in [6.45, 7) is 4.36. The molecule has 0 bridgehead atoms. The lowest BCUT2D eigenvalue weighted by Gasteiger charge is -2.31. The van der Waals surface area contributed by atoms with E-state index in [0.717, 1.165) is 0 Å². The Balaban J connectivity index is 2.06. The summed E-state index contributed by atoms with van der Waals surface area (Å²) in [5.41, 5.74) is 1.16. The summed E-state index contributed by atoms with van der Waals surface area (Å²) in [4.78, 5) is 9.25. The highest BCUT2D eigenvalue weighted by Crippen LogP contribution is 2.29. The van der Waals surface area contributed by atoms with Crippen molar-refractivity contribution in [3.8, 4) is 0 Å². The molecule has 1 aromatic rings. The van der Waals surface area contributed by atoms with Crippen LogP contribution in [0.3, 0.4) is 0 Å². The van der Waals surface area contributed by atoms with Crippen LogP contribution < -0.4 is 0 Å². The van der Waals surface area contributed by atoms with Gasteiger partial charge in [0.25, 0.3) is 0 Å². The Labute approximate surface area is 114 Å². The molecule has 1 heterocycles. The van der Waals surface area contributed by atoms with Gasteiger partial charge >= 0.3 is 0 Å². The van der Waals surface area contributed by atoms with E-state index in [9.17, 15) is 0 Å². The third-order valence-electron chi connectivity index (χ3n) is 3.36. The quantitative estimate of drug-likeness (QED) is 0.447. The van der Waals surface area contributed by atoms with Gasteiger partial charge in [-0.3, -0.25) is 0 Å². The summed E-state index contributed by atoms with van der Waals surface area (Å²) in [6.07, 6.45) is 7.59. The molecule has 1 atom stereocenters.